The summed E-state index contributed by atoms with van der Waals surface area (Å²) >= 11 is 3.55. The number of rotatable bonds is 6. The van der Waals surface area contributed by atoms with Crippen LogP contribution in [0.4, 0.5) is 0 Å². The molecule has 2 aromatic carbocycles. The van der Waals surface area contributed by atoms with E-state index in [2.05, 4.69) is 67.8 Å². The average Bonchev–Trinajstić information content (AvgIpc) is 3.52. The number of likely N-dealkylation sites (tertiary alicyclic amines) is 1. The number of amides is 1. The van der Waals surface area contributed by atoms with E-state index in [1.54, 1.807) is 0 Å². The molecule has 0 radical (unpaired) electrons. The van der Waals surface area contributed by atoms with E-state index in [4.69, 9.17) is 0 Å². The van der Waals surface area contributed by atoms with E-state index >= 15 is 0 Å². The van der Waals surface area contributed by atoms with Gasteiger partial charge >= 0.3 is 0 Å². The van der Waals surface area contributed by atoms with Gasteiger partial charge in [0.05, 0.1) is 12.6 Å². The molecule has 174 valence electrons. The van der Waals surface area contributed by atoms with Crippen LogP contribution in [0.5, 0.6) is 0 Å². The number of carbonyl (C=O) groups is 1. The van der Waals surface area contributed by atoms with Crippen LogP contribution < -0.4 is 0 Å². The first-order valence-corrected chi connectivity index (χ1v) is 12.9. The molecule has 1 aliphatic carbocycles. The Morgan fingerprint density at radius 2 is 2.00 bits per heavy atom. The average molecular weight is 518 g/mol. The molecule has 1 aliphatic heterocycles. The monoisotopic (exact) mass is 517 g/mol. The van der Waals surface area contributed by atoms with E-state index < -0.39 is 0 Å². The third-order valence-electron chi connectivity index (χ3n) is 7.42. The van der Waals surface area contributed by atoms with Crippen molar-refractivity contribution in [3.8, 4) is 11.3 Å². The lowest BCUT2D eigenvalue weighted by Gasteiger charge is -2.39. The van der Waals surface area contributed by atoms with Crippen molar-refractivity contribution in [1.82, 2.24) is 24.9 Å². The number of hydrogen-bond acceptors (Lipinski definition) is 3. The Labute approximate surface area is 207 Å². The fourth-order valence-electron chi connectivity index (χ4n) is 5.39. The second-order valence-corrected chi connectivity index (χ2v) is 10.7. The van der Waals surface area contributed by atoms with Crippen molar-refractivity contribution < 1.29 is 4.79 Å². The number of benzene rings is 2. The number of aromatic nitrogens is 4. The smallest absolute Gasteiger partial charge is 0.227 e. The van der Waals surface area contributed by atoms with Crippen molar-refractivity contribution >= 4 is 32.7 Å². The van der Waals surface area contributed by atoms with Crippen LogP contribution >= 0.6 is 15.9 Å². The topological polar surface area (TPSA) is 66.8 Å². The van der Waals surface area contributed by atoms with Crippen molar-refractivity contribution in [3.05, 3.63) is 69.5 Å². The number of carbonyl (C=O) groups excluding carboxylic acids is 1. The van der Waals surface area contributed by atoms with Gasteiger partial charge in [0.15, 0.2) is 0 Å². The van der Waals surface area contributed by atoms with Crippen molar-refractivity contribution in [2.45, 2.75) is 45.6 Å². The van der Waals surface area contributed by atoms with E-state index in [1.807, 2.05) is 22.6 Å². The highest BCUT2D eigenvalue weighted by Gasteiger charge is 2.31. The van der Waals surface area contributed by atoms with Crippen molar-refractivity contribution in [2.75, 3.05) is 13.1 Å². The molecule has 0 atom stereocenters. The third-order valence-corrected chi connectivity index (χ3v) is 7.91. The SMILES string of the molecule is Cc1[nH]c2ccc(Br)cc2c1CC(=O)N1CC(CCn2cc(-c3ccc4c(c3)CCC4)nn2)C1. The Bertz CT molecular complexity index is 1380. The van der Waals surface area contributed by atoms with Crippen LogP contribution in [0.3, 0.4) is 0 Å². The van der Waals surface area contributed by atoms with Gasteiger partial charge in [-0.25, -0.2) is 0 Å². The highest BCUT2D eigenvalue weighted by Crippen LogP contribution is 2.29. The van der Waals surface area contributed by atoms with Crippen LogP contribution in [0.15, 0.2) is 47.1 Å². The zero-order valence-electron chi connectivity index (χ0n) is 19.4. The van der Waals surface area contributed by atoms with Crippen LogP contribution in [0.25, 0.3) is 22.2 Å². The molecule has 3 heterocycles. The summed E-state index contributed by atoms with van der Waals surface area (Å²) in [5, 5.41) is 9.87. The fourth-order valence-corrected chi connectivity index (χ4v) is 5.75. The van der Waals surface area contributed by atoms with Crippen molar-refractivity contribution in [1.29, 1.82) is 0 Å². The molecule has 34 heavy (non-hydrogen) atoms. The molecule has 4 aromatic rings. The van der Waals surface area contributed by atoms with E-state index in [-0.39, 0.29) is 5.91 Å². The zero-order valence-corrected chi connectivity index (χ0v) is 20.9. The number of hydrogen-bond donors (Lipinski definition) is 1. The van der Waals surface area contributed by atoms with Gasteiger partial charge in [0.1, 0.15) is 5.69 Å². The van der Waals surface area contributed by atoms with Crippen LogP contribution in [-0.4, -0.2) is 43.9 Å². The lowest BCUT2D eigenvalue weighted by atomic mass is 9.95. The molecule has 0 unspecified atom stereocenters. The van der Waals surface area contributed by atoms with Gasteiger partial charge in [-0.1, -0.05) is 33.3 Å². The molecule has 2 aromatic heterocycles. The summed E-state index contributed by atoms with van der Waals surface area (Å²) in [5.74, 6) is 0.731. The lowest BCUT2D eigenvalue weighted by molar-refractivity contribution is -0.136. The molecule has 0 saturated carbocycles. The molecule has 1 amide bonds. The van der Waals surface area contributed by atoms with Gasteiger partial charge in [0, 0.05) is 46.3 Å². The second-order valence-electron chi connectivity index (χ2n) is 9.75. The van der Waals surface area contributed by atoms with Crippen molar-refractivity contribution in [3.63, 3.8) is 0 Å². The van der Waals surface area contributed by atoms with Gasteiger partial charge in [0.25, 0.3) is 0 Å². The molecule has 0 bridgehead atoms. The maximum atomic E-state index is 12.9. The molecule has 1 saturated heterocycles. The molecular formula is C27H28BrN5O. The summed E-state index contributed by atoms with van der Waals surface area (Å²) in [6.45, 7) is 4.54. The fraction of sp³-hybridized carbons (Fsp3) is 0.370. The maximum Gasteiger partial charge on any atom is 0.227 e. The Balaban J connectivity index is 1.02. The van der Waals surface area contributed by atoms with Crippen LogP contribution in [0.2, 0.25) is 0 Å². The first kappa shape index (κ1) is 21.6. The van der Waals surface area contributed by atoms with Crippen molar-refractivity contribution in [2.24, 2.45) is 5.92 Å². The predicted octanol–water partition coefficient (Wildman–Crippen LogP) is 5.08. The van der Waals surface area contributed by atoms with Crippen LogP contribution in [0.1, 0.15) is 35.2 Å². The van der Waals surface area contributed by atoms with Gasteiger partial charge in [-0.15, -0.1) is 5.10 Å². The standard InChI is InChI=1S/C27H28BrN5O/c1-17-23(24-12-22(28)7-8-25(24)29-17)13-27(34)32-14-18(15-32)9-10-33-16-26(30-31-33)21-6-5-19-3-2-4-20(19)11-21/h5-8,11-12,16,18,29H,2-4,9-10,13-15H2,1H3. The van der Waals surface area contributed by atoms with Gasteiger partial charge in [0.2, 0.25) is 5.91 Å². The molecule has 6 nitrogen and oxygen atoms in total. The zero-order chi connectivity index (χ0) is 23.2. The molecule has 1 N–H and O–H groups in total. The Morgan fingerprint density at radius 3 is 2.88 bits per heavy atom. The van der Waals surface area contributed by atoms with Gasteiger partial charge in [-0.05, 0) is 79.5 Å². The number of nitrogens with one attached hydrogen (secondary N) is 1. The van der Waals surface area contributed by atoms with Crippen LogP contribution in [-0.2, 0) is 30.6 Å². The summed E-state index contributed by atoms with van der Waals surface area (Å²) in [7, 11) is 0. The first-order chi connectivity index (χ1) is 16.5. The number of nitrogens with zero attached hydrogens (tertiary/aromatic N) is 4. The van der Waals surface area contributed by atoms with Gasteiger partial charge in [-0.3, -0.25) is 9.48 Å². The van der Waals surface area contributed by atoms with Gasteiger partial charge in [-0.2, -0.15) is 0 Å². The molecule has 6 rings (SSSR count). The summed E-state index contributed by atoms with van der Waals surface area (Å²) in [5.41, 5.74) is 8.30. The Hall–Kier alpha value is -2.93. The highest BCUT2D eigenvalue weighted by molar-refractivity contribution is 9.10. The Morgan fingerprint density at radius 1 is 1.15 bits per heavy atom. The number of H-pyrrole nitrogens is 1. The molecule has 0 spiro atoms. The molecule has 2 aliphatic rings. The summed E-state index contributed by atoms with van der Waals surface area (Å²) in [6.07, 6.45) is 7.13. The summed E-state index contributed by atoms with van der Waals surface area (Å²) in [4.78, 5) is 18.3. The molecular weight excluding hydrogens is 490 g/mol. The van der Waals surface area contributed by atoms with E-state index in [0.717, 1.165) is 63.9 Å². The van der Waals surface area contributed by atoms with Crippen LogP contribution in [0, 0.1) is 12.8 Å². The number of aryl methyl sites for hydroxylation is 4. The Kier molecular flexibility index (Phi) is 5.52. The summed E-state index contributed by atoms with van der Waals surface area (Å²) < 4.78 is 2.98. The number of aromatic amines is 1. The summed E-state index contributed by atoms with van der Waals surface area (Å²) in [6, 6.07) is 12.9. The minimum Gasteiger partial charge on any atom is -0.358 e. The first-order valence-electron chi connectivity index (χ1n) is 12.1. The third kappa shape index (κ3) is 4.06. The predicted molar refractivity (Wildman–Crippen MR) is 137 cm³/mol. The van der Waals surface area contributed by atoms with E-state index in [0.29, 0.717) is 12.3 Å². The van der Waals surface area contributed by atoms with E-state index in [1.165, 1.54) is 30.4 Å². The second kappa shape index (κ2) is 8.69. The number of fused-ring (bicyclic) bond motifs is 2. The quantitative estimate of drug-likeness (QED) is 0.387. The number of halogens is 1. The minimum absolute atomic E-state index is 0.208. The molecule has 7 heteroatoms. The lowest BCUT2D eigenvalue weighted by Crippen LogP contribution is -2.50. The largest absolute Gasteiger partial charge is 0.358 e. The van der Waals surface area contributed by atoms with Gasteiger partial charge < -0.3 is 9.88 Å². The normalized spacial score (nSPS) is 15.6. The molecule has 1 fully saturated rings. The van der Waals surface area contributed by atoms with E-state index in [9.17, 15) is 4.79 Å². The highest BCUT2D eigenvalue weighted by atomic mass is 79.9. The minimum atomic E-state index is 0.208. The maximum absolute atomic E-state index is 12.9.